The van der Waals surface area contributed by atoms with Crippen LogP contribution in [0, 0.1) is 19.7 Å². The maximum atomic E-state index is 13.3. The Labute approximate surface area is 123 Å². The number of hydrogen-bond donors (Lipinski definition) is 2. The Morgan fingerprint density at radius 3 is 2.76 bits per heavy atom. The number of aryl methyl sites for hydroxylation is 3. The molecule has 1 aromatic carbocycles. The van der Waals surface area contributed by atoms with Crippen molar-refractivity contribution in [1.82, 2.24) is 15.1 Å². The van der Waals surface area contributed by atoms with Crippen LogP contribution in [0.4, 0.5) is 10.1 Å². The number of hydrogen-bond acceptors (Lipinski definition) is 3. The molecule has 112 valence electrons. The number of nitrogens with two attached hydrogens (primary N) is 1. The molecule has 5 nitrogen and oxygen atoms in total. The summed E-state index contributed by atoms with van der Waals surface area (Å²) in [5.74, 6) is -0.882. The molecule has 0 aliphatic rings. The lowest BCUT2D eigenvalue weighted by Crippen LogP contribution is -2.25. The topological polar surface area (TPSA) is 72.9 Å². The lowest BCUT2D eigenvalue weighted by Gasteiger charge is -2.07. The SMILES string of the molecule is Cc1cc(C)n(CCCNC(=O)c2ccc(N)c(F)c2)n1. The first kappa shape index (κ1) is 15.0. The molecule has 0 spiro atoms. The highest BCUT2D eigenvalue weighted by atomic mass is 19.1. The maximum absolute atomic E-state index is 13.3. The number of amides is 1. The maximum Gasteiger partial charge on any atom is 0.251 e. The lowest BCUT2D eigenvalue weighted by molar-refractivity contribution is 0.0952. The molecule has 0 fully saturated rings. The predicted molar refractivity (Wildman–Crippen MR) is 79.5 cm³/mol. The summed E-state index contributed by atoms with van der Waals surface area (Å²) >= 11 is 0. The van der Waals surface area contributed by atoms with Gasteiger partial charge in [0.2, 0.25) is 0 Å². The van der Waals surface area contributed by atoms with Gasteiger partial charge in [0.25, 0.3) is 5.91 Å². The van der Waals surface area contributed by atoms with Crippen molar-refractivity contribution in [3.8, 4) is 0 Å². The quantitative estimate of drug-likeness (QED) is 0.654. The molecule has 3 N–H and O–H groups in total. The molecule has 0 saturated heterocycles. The van der Waals surface area contributed by atoms with Gasteiger partial charge in [0, 0.05) is 24.3 Å². The number of aromatic nitrogens is 2. The molecule has 0 radical (unpaired) electrons. The van der Waals surface area contributed by atoms with Crippen molar-refractivity contribution in [2.45, 2.75) is 26.8 Å². The molecule has 0 atom stereocenters. The number of nitrogens with one attached hydrogen (secondary N) is 1. The summed E-state index contributed by atoms with van der Waals surface area (Å²) in [5, 5.41) is 7.10. The summed E-state index contributed by atoms with van der Waals surface area (Å²) < 4.78 is 15.2. The van der Waals surface area contributed by atoms with Crippen LogP contribution in [0.15, 0.2) is 24.3 Å². The van der Waals surface area contributed by atoms with Crippen LogP contribution in [-0.4, -0.2) is 22.2 Å². The van der Waals surface area contributed by atoms with Gasteiger partial charge in [-0.1, -0.05) is 0 Å². The summed E-state index contributed by atoms with van der Waals surface area (Å²) in [7, 11) is 0. The van der Waals surface area contributed by atoms with Gasteiger partial charge in [-0.2, -0.15) is 5.10 Å². The van der Waals surface area contributed by atoms with Crippen LogP contribution < -0.4 is 11.1 Å². The smallest absolute Gasteiger partial charge is 0.251 e. The number of halogens is 1. The lowest BCUT2D eigenvalue weighted by atomic mass is 10.2. The van der Waals surface area contributed by atoms with Crippen LogP contribution in [0.5, 0.6) is 0 Å². The third kappa shape index (κ3) is 3.81. The molecule has 6 heteroatoms. The van der Waals surface area contributed by atoms with Gasteiger partial charge in [-0.3, -0.25) is 9.48 Å². The molecule has 0 aliphatic carbocycles. The second-order valence-electron chi connectivity index (χ2n) is 5.00. The van der Waals surface area contributed by atoms with Gasteiger partial charge in [0.05, 0.1) is 11.4 Å². The summed E-state index contributed by atoms with van der Waals surface area (Å²) in [6.07, 6.45) is 0.755. The summed E-state index contributed by atoms with van der Waals surface area (Å²) in [6.45, 7) is 5.18. The molecule has 1 aromatic heterocycles. The third-order valence-electron chi connectivity index (χ3n) is 3.20. The highest BCUT2D eigenvalue weighted by molar-refractivity contribution is 5.94. The van der Waals surface area contributed by atoms with E-state index < -0.39 is 5.82 Å². The van der Waals surface area contributed by atoms with Gasteiger partial charge in [-0.05, 0) is 44.5 Å². The third-order valence-corrected chi connectivity index (χ3v) is 3.20. The van der Waals surface area contributed by atoms with Gasteiger partial charge < -0.3 is 11.1 Å². The molecule has 2 rings (SSSR count). The zero-order valence-electron chi connectivity index (χ0n) is 12.2. The molecule has 0 unspecified atom stereocenters. The van der Waals surface area contributed by atoms with Crippen molar-refractivity contribution in [3.05, 3.63) is 47.0 Å². The van der Waals surface area contributed by atoms with Gasteiger partial charge in [-0.25, -0.2) is 4.39 Å². The van der Waals surface area contributed by atoms with E-state index in [-0.39, 0.29) is 17.2 Å². The molecule has 1 amide bonds. The first-order valence-corrected chi connectivity index (χ1v) is 6.81. The van der Waals surface area contributed by atoms with Crippen molar-refractivity contribution in [2.24, 2.45) is 0 Å². The molecular formula is C15H19FN4O. The van der Waals surface area contributed by atoms with Crippen LogP contribution >= 0.6 is 0 Å². The number of carbonyl (C=O) groups excluding carboxylic acids is 1. The molecule has 1 heterocycles. The zero-order valence-corrected chi connectivity index (χ0v) is 12.2. The molecular weight excluding hydrogens is 271 g/mol. The molecule has 0 aliphatic heterocycles. The van der Waals surface area contributed by atoms with E-state index in [1.807, 2.05) is 24.6 Å². The average molecular weight is 290 g/mol. The van der Waals surface area contributed by atoms with E-state index in [9.17, 15) is 9.18 Å². The minimum atomic E-state index is -0.578. The molecule has 0 bridgehead atoms. The standard InChI is InChI=1S/C15H19FN4O/c1-10-8-11(2)20(19-10)7-3-6-18-15(21)12-4-5-14(17)13(16)9-12/h4-5,8-9H,3,6-7,17H2,1-2H3,(H,18,21). The molecule has 0 saturated carbocycles. The summed E-state index contributed by atoms with van der Waals surface area (Å²) in [6, 6.07) is 6.05. The van der Waals surface area contributed by atoms with Gasteiger partial charge in [-0.15, -0.1) is 0 Å². The highest BCUT2D eigenvalue weighted by Crippen LogP contribution is 2.11. The minimum Gasteiger partial charge on any atom is -0.396 e. The van der Waals surface area contributed by atoms with Crippen molar-refractivity contribution in [1.29, 1.82) is 0 Å². The Morgan fingerprint density at radius 2 is 2.14 bits per heavy atom. The Morgan fingerprint density at radius 1 is 1.38 bits per heavy atom. The number of carbonyl (C=O) groups is 1. The zero-order chi connectivity index (χ0) is 15.4. The first-order valence-electron chi connectivity index (χ1n) is 6.81. The largest absolute Gasteiger partial charge is 0.396 e. The van der Waals surface area contributed by atoms with Crippen molar-refractivity contribution < 1.29 is 9.18 Å². The van der Waals surface area contributed by atoms with Crippen molar-refractivity contribution in [2.75, 3.05) is 12.3 Å². The fourth-order valence-electron chi connectivity index (χ4n) is 2.10. The van der Waals surface area contributed by atoms with Gasteiger partial charge >= 0.3 is 0 Å². The average Bonchev–Trinajstić information content (AvgIpc) is 2.76. The molecule has 21 heavy (non-hydrogen) atoms. The van der Waals surface area contributed by atoms with Crippen LogP contribution in [0.25, 0.3) is 0 Å². The summed E-state index contributed by atoms with van der Waals surface area (Å²) in [4.78, 5) is 11.8. The fourth-order valence-corrected chi connectivity index (χ4v) is 2.10. The molecule has 2 aromatic rings. The monoisotopic (exact) mass is 290 g/mol. The van der Waals surface area contributed by atoms with Crippen LogP contribution in [-0.2, 0) is 6.54 Å². The normalized spacial score (nSPS) is 10.6. The fraction of sp³-hybridized carbons (Fsp3) is 0.333. The second kappa shape index (κ2) is 6.39. The highest BCUT2D eigenvalue weighted by Gasteiger charge is 2.08. The second-order valence-corrected chi connectivity index (χ2v) is 5.00. The van der Waals surface area contributed by atoms with Crippen molar-refractivity contribution >= 4 is 11.6 Å². The Hall–Kier alpha value is -2.37. The van der Waals surface area contributed by atoms with Crippen molar-refractivity contribution in [3.63, 3.8) is 0 Å². The Balaban J connectivity index is 1.81. The minimum absolute atomic E-state index is 0.0380. The number of benzene rings is 1. The number of rotatable bonds is 5. The number of anilines is 1. The van der Waals surface area contributed by atoms with E-state index in [1.54, 1.807) is 0 Å². The van der Waals surface area contributed by atoms with Crippen LogP contribution in [0.2, 0.25) is 0 Å². The van der Waals surface area contributed by atoms with E-state index in [0.29, 0.717) is 6.54 Å². The summed E-state index contributed by atoms with van der Waals surface area (Å²) in [5.41, 5.74) is 7.76. The van der Waals surface area contributed by atoms with E-state index in [2.05, 4.69) is 10.4 Å². The Kier molecular flexibility index (Phi) is 4.57. The van der Waals surface area contributed by atoms with E-state index in [1.165, 1.54) is 12.1 Å². The van der Waals surface area contributed by atoms with Gasteiger partial charge in [0.15, 0.2) is 0 Å². The van der Waals surface area contributed by atoms with Crippen LogP contribution in [0.1, 0.15) is 28.2 Å². The Bertz CT molecular complexity index is 651. The number of nitrogen functional groups attached to an aromatic ring is 1. The van der Waals surface area contributed by atoms with E-state index >= 15 is 0 Å². The first-order chi connectivity index (χ1) is 9.97. The van der Waals surface area contributed by atoms with Crippen LogP contribution in [0.3, 0.4) is 0 Å². The number of nitrogens with zero attached hydrogens (tertiary/aromatic N) is 2. The predicted octanol–water partition coefficient (Wildman–Crippen LogP) is 2.04. The van der Waals surface area contributed by atoms with E-state index in [4.69, 9.17) is 5.73 Å². The van der Waals surface area contributed by atoms with E-state index in [0.717, 1.165) is 30.4 Å². The van der Waals surface area contributed by atoms with Gasteiger partial charge in [0.1, 0.15) is 5.82 Å².